The molecule has 1 aliphatic rings. The number of hydrogen-bond donors (Lipinski definition) is 2. The Morgan fingerprint density at radius 3 is 2.96 bits per heavy atom. The van der Waals surface area contributed by atoms with Gasteiger partial charge in [-0.3, -0.25) is 4.79 Å². The van der Waals surface area contributed by atoms with Crippen molar-refractivity contribution in [1.82, 2.24) is 15.5 Å². The lowest BCUT2D eigenvalue weighted by atomic mass is 9.97. The molecule has 6 nitrogen and oxygen atoms in total. The first-order chi connectivity index (χ1) is 11.0. The van der Waals surface area contributed by atoms with E-state index in [1.807, 2.05) is 6.07 Å². The quantitative estimate of drug-likeness (QED) is 0.882. The smallest absolute Gasteiger partial charge is 0.317 e. The van der Waals surface area contributed by atoms with Gasteiger partial charge in [0.25, 0.3) is 0 Å². The number of carbonyl (C=O) groups is 2. The summed E-state index contributed by atoms with van der Waals surface area (Å²) in [5.41, 5.74) is 0.602. The summed E-state index contributed by atoms with van der Waals surface area (Å²) in [7, 11) is 1.58. The fourth-order valence-corrected chi connectivity index (χ4v) is 2.64. The van der Waals surface area contributed by atoms with Crippen LogP contribution >= 0.6 is 0 Å². The lowest BCUT2D eigenvalue weighted by Crippen LogP contribution is -2.48. The summed E-state index contributed by atoms with van der Waals surface area (Å²) in [6.45, 7) is 0.924. The average molecular weight is 318 g/mol. The Bertz CT molecular complexity index is 641. The van der Waals surface area contributed by atoms with E-state index in [0.29, 0.717) is 18.7 Å². The second-order valence-corrected chi connectivity index (χ2v) is 5.48. The van der Waals surface area contributed by atoms with E-state index >= 15 is 0 Å². The molecule has 1 unspecified atom stereocenters. The summed E-state index contributed by atoms with van der Waals surface area (Å²) in [5.74, 6) is -0.750. The third kappa shape index (κ3) is 4.19. The molecule has 1 aromatic carbocycles. The van der Waals surface area contributed by atoms with Gasteiger partial charge in [-0.2, -0.15) is 5.26 Å². The number of amides is 3. The Morgan fingerprint density at radius 1 is 1.48 bits per heavy atom. The second-order valence-electron chi connectivity index (χ2n) is 5.48. The predicted octanol–water partition coefficient (Wildman–Crippen LogP) is 1.36. The van der Waals surface area contributed by atoms with E-state index in [9.17, 15) is 14.0 Å². The number of urea groups is 1. The molecule has 0 bridgehead atoms. The fourth-order valence-electron chi connectivity index (χ4n) is 2.64. The summed E-state index contributed by atoms with van der Waals surface area (Å²) in [6, 6.07) is 5.62. The van der Waals surface area contributed by atoms with E-state index in [1.165, 1.54) is 18.2 Å². The Balaban J connectivity index is 1.94. The standard InChI is InChI=1S/C16H19FN4O2/c1-19-15(22)12-3-2-6-21(10-12)16(23)20-9-13-7-11(8-18)4-5-14(13)17/h4-5,7,12H,2-3,6,9-10H2,1H3,(H,19,22)(H,20,23). The highest BCUT2D eigenvalue weighted by Gasteiger charge is 2.27. The Hall–Kier alpha value is -2.62. The number of benzene rings is 1. The van der Waals surface area contributed by atoms with Crippen LogP contribution in [0.5, 0.6) is 0 Å². The van der Waals surface area contributed by atoms with Crippen LogP contribution in [-0.2, 0) is 11.3 Å². The van der Waals surface area contributed by atoms with Crippen molar-refractivity contribution in [1.29, 1.82) is 5.26 Å². The van der Waals surface area contributed by atoms with Crippen LogP contribution in [0.1, 0.15) is 24.0 Å². The average Bonchev–Trinajstić information content (AvgIpc) is 2.60. The topological polar surface area (TPSA) is 85.2 Å². The number of likely N-dealkylation sites (tertiary alicyclic amines) is 1. The third-order valence-electron chi connectivity index (χ3n) is 3.93. The molecule has 122 valence electrons. The lowest BCUT2D eigenvalue weighted by Gasteiger charge is -2.31. The summed E-state index contributed by atoms with van der Waals surface area (Å²) < 4.78 is 13.7. The zero-order valence-corrected chi connectivity index (χ0v) is 12.9. The van der Waals surface area contributed by atoms with E-state index in [4.69, 9.17) is 5.26 Å². The molecular weight excluding hydrogens is 299 g/mol. The molecule has 1 heterocycles. The molecule has 0 saturated carbocycles. The summed E-state index contributed by atoms with van der Waals surface area (Å²) in [6.07, 6.45) is 1.51. The van der Waals surface area contributed by atoms with Crippen LogP contribution in [0, 0.1) is 23.1 Å². The maximum absolute atomic E-state index is 13.7. The molecule has 7 heteroatoms. The van der Waals surface area contributed by atoms with Crippen LogP contribution in [-0.4, -0.2) is 37.0 Å². The number of rotatable bonds is 3. The highest BCUT2D eigenvalue weighted by Crippen LogP contribution is 2.17. The van der Waals surface area contributed by atoms with Gasteiger partial charge in [-0.15, -0.1) is 0 Å². The molecule has 1 aliphatic heterocycles. The van der Waals surface area contributed by atoms with Gasteiger partial charge in [0.15, 0.2) is 0 Å². The van der Waals surface area contributed by atoms with Crippen molar-refractivity contribution in [2.24, 2.45) is 5.92 Å². The Labute approximate surface area is 134 Å². The number of hydrogen-bond acceptors (Lipinski definition) is 3. The first kappa shape index (κ1) is 16.7. The number of carbonyl (C=O) groups excluding carboxylic acids is 2. The van der Waals surface area contributed by atoms with Crippen LogP contribution in [0.2, 0.25) is 0 Å². The lowest BCUT2D eigenvalue weighted by molar-refractivity contribution is -0.125. The van der Waals surface area contributed by atoms with Crippen molar-refractivity contribution in [2.45, 2.75) is 19.4 Å². The SMILES string of the molecule is CNC(=O)C1CCCN(C(=O)NCc2cc(C#N)ccc2F)C1. The van der Waals surface area contributed by atoms with E-state index in [1.54, 1.807) is 11.9 Å². The molecule has 1 fully saturated rings. The van der Waals surface area contributed by atoms with Gasteiger partial charge < -0.3 is 15.5 Å². The van der Waals surface area contributed by atoms with E-state index in [2.05, 4.69) is 10.6 Å². The fraction of sp³-hybridized carbons (Fsp3) is 0.438. The Kier molecular flexibility index (Phi) is 5.52. The van der Waals surface area contributed by atoms with Gasteiger partial charge in [0.1, 0.15) is 5.82 Å². The number of nitrogens with one attached hydrogen (secondary N) is 2. The predicted molar refractivity (Wildman–Crippen MR) is 81.7 cm³/mol. The van der Waals surface area contributed by atoms with Crippen LogP contribution in [0.15, 0.2) is 18.2 Å². The normalized spacial score (nSPS) is 17.3. The highest BCUT2D eigenvalue weighted by atomic mass is 19.1. The van der Waals surface area contributed by atoms with Gasteiger partial charge in [0.05, 0.1) is 17.6 Å². The summed E-state index contributed by atoms with van der Waals surface area (Å²) in [5, 5.41) is 14.1. The van der Waals surface area contributed by atoms with Gasteiger partial charge in [-0.05, 0) is 31.0 Å². The molecule has 23 heavy (non-hydrogen) atoms. The van der Waals surface area contributed by atoms with Crippen LogP contribution in [0.25, 0.3) is 0 Å². The van der Waals surface area contributed by atoms with Crippen molar-refractivity contribution in [3.05, 3.63) is 35.1 Å². The Morgan fingerprint density at radius 2 is 2.26 bits per heavy atom. The molecule has 0 radical (unpaired) electrons. The van der Waals surface area contributed by atoms with Gasteiger partial charge in [0.2, 0.25) is 5.91 Å². The molecule has 1 atom stereocenters. The van der Waals surface area contributed by atoms with Crippen molar-refractivity contribution >= 4 is 11.9 Å². The van der Waals surface area contributed by atoms with Crippen molar-refractivity contribution in [2.75, 3.05) is 20.1 Å². The maximum Gasteiger partial charge on any atom is 0.317 e. The second kappa shape index (κ2) is 7.58. The van der Waals surface area contributed by atoms with Crippen LogP contribution in [0.4, 0.5) is 9.18 Å². The maximum atomic E-state index is 13.7. The minimum atomic E-state index is -0.466. The number of halogens is 1. The van der Waals surface area contributed by atoms with Gasteiger partial charge >= 0.3 is 6.03 Å². The summed E-state index contributed by atoms with van der Waals surface area (Å²) in [4.78, 5) is 25.4. The number of nitriles is 1. The molecule has 2 rings (SSSR count). The zero-order chi connectivity index (χ0) is 16.8. The number of piperidine rings is 1. The van der Waals surface area contributed by atoms with E-state index < -0.39 is 5.82 Å². The van der Waals surface area contributed by atoms with Crippen molar-refractivity contribution in [3.8, 4) is 6.07 Å². The van der Waals surface area contributed by atoms with Crippen molar-refractivity contribution in [3.63, 3.8) is 0 Å². The third-order valence-corrected chi connectivity index (χ3v) is 3.93. The van der Waals surface area contributed by atoms with Gasteiger partial charge in [-0.1, -0.05) is 0 Å². The minimum absolute atomic E-state index is 0.00132. The van der Waals surface area contributed by atoms with E-state index in [0.717, 1.165) is 12.8 Å². The van der Waals surface area contributed by atoms with E-state index in [-0.39, 0.29) is 30.0 Å². The largest absolute Gasteiger partial charge is 0.359 e. The summed E-state index contributed by atoms with van der Waals surface area (Å²) >= 11 is 0. The van der Waals surface area contributed by atoms with Crippen LogP contribution in [0.3, 0.4) is 0 Å². The molecule has 0 spiro atoms. The molecule has 3 amide bonds. The van der Waals surface area contributed by atoms with Gasteiger partial charge in [0, 0.05) is 32.2 Å². The van der Waals surface area contributed by atoms with Gasteiger partial charge in [-0.25, -0.2) is 9.18 Å². The molecule has 0 aliphatic carbocycles. The first-order valence-electron chi connectivity index (χ1n) is 7.48. The number of nitrogens with zero attached hydrogens (tertiary/aromatic N) is 2. The molecular formula is C16H19FN4O2. The zero-order valence-electron chi connectivity index (χ0n) is 12.9. The first-order valence-corrected chi connectivity index (χ1v) is 7.48. The minimum Gasteiger partial charge on any atom is -0.359 e. The van der Waals surface area contributed by atoms with Crippen LogP contribution < -0.4 is 10.6 Å². The van der Waals surface area contributed by atoms with Crippen molar-refractivity contribution < 1.29 is 14.0 Å². The molecule has 0 aromatic heterocycles. The molecule has 1 saturated heterocycles. The molecule has 1 aromatic rings. The highest BCUT2D eigenvalue weighted by molar-refractivity contribution is 5.80. The monoisotopic (exact) mass is 318 g/mol. The molecule has 2 N–H and O–H groups in total.